The molecule has 2 N–H and O–H groups in total. The van der Waals surface area contributed by atoms with Crippen molar-refractivity contribution in [1.29, 1.82) is 0 Å². The number of methoxy groups -OCH3 is 1. The lowest BCUT2D eigenvalue weighted by molar-refractivity contribution is 0.174. The normalized spacial score (nSPS) is 12.2. The van der Waals surface area contributed by atoms with Gasteiger partial charge in [-0.1, -0.05) is 35.9 Å². The molecular formula is C15H17ClN2O2. The molecule has 0 radical (unpaired) electrons. The Bertz CT molecular complexity index is 563. The van der Waals surface area contributed by atoms with Crippen molar-refractivity contribution in [3.8, 4) is 5.88 Å². The summed E-state index contributed by atoms with van der Waals surface area (Å²) in [5.41, 5.74) is 1.67. The van der Waals surface area contributed by atoms with Crippen molar-refractivity contribution in [2.75, 3.05) is 13.7 Å². The van der Waals surface area contributed by atoms with Crippen LogP contribution in [0.1, 0.15) is 17.2 Å². The molecule has 0 aliphatic carbocycles. The third-order valence-corrected chi connectivity index (χ3v) is 3.30. The number of benzene rings is 1. The fourth-order valence-electron chi connectivity index (χ4n) is 1.94. The van der Waals surface area contributed by atoms with E-state index in [2.05, 4.69) is 10.3 Å². The molecule has 1 atom stereocenters. The molecule has 0 amide bonds. The Morgan fingerprint density at radius 1 is 1.30 bits per heavy atom. The number of ether oxygens (including phenoxy) is 1. The minimum absolute atomic E-state index is 0.405. The summed E-state index contributed by atoms with van der Waals surface area (Å²) >= 11 is 6.04. The lowest BCUT2D eigenvalue weighted by Crippen LogP contribution is -2.21. The lowest BCUT2D eigenvalue weighted by Gasteiger charge is -2.14. The molecule has 0 saturated heterocycles. The first-order valence-corrected chi connectivity index (χ1v) is 6.71. The molecule has 5 heteroatoms. The number of halogens is 1. The van der Waals surface area contributed by atoms with E-state index in [1.54, 1.807) is 19.4 Å². The van der Waals surface area contributed by atoms with E-state index in [0.717, 1.165) is 11.1 Å². The molecule has 0 aliphatic heterocycles. The number of hydrogen-bond donors (Lipinski definition) is 2. The number of nitrogens with zero attached hydrogens (tertiary/aromatic N) is 1. The molecule has 20 heavy (non-hydrogen) atoms. The molecule has 0 fully saturated rings. The second-order valence-corrected chi connectivity index (χ2v) is 4.75. The largest absolute Gasteiger partial charge is 0.481 e. The van der Waals surface area contributed by atoms with Gasteiger partial charge >= 0.3 is 0 Å². The van der Waals surface area contributed by atoms with E-state index in [0.29, 0.717) is 24.0 Å². The van der Waals surface area contributed by atoms with Crippen LogP contribution in [0.4, 0.5) is 0 Å². The van der Waals surface area contributed by atoms with Gasteiger partial charge in [-0.2, -0.15) is 0 Å². The second-order valence-electron chi connectivity index (χ2n) is 4.34. The van der Waals surface area contributed by atoms with Crippen LogP contribution in [0.15, 0.2) is 42.6 Å². The van der Waals surface area contributed by atoms with Crippen molar-refractivity contribution in [1.82, 2.24) is 10.3 Å². The fourth-order valence-corrected chi connectivity index (χ4v) is 2.20. The van der Waals surface area contributed by atoms with Crippen LogP contribution < -0.4 is 10.1 Å². The average Bonchev–Trinajstić information content (AvgIpc) is 2.48. The second kappa shape index (κ2) is 7.24. The first kappa shape index (κ1) is 14.8. The van der Waals surface area contributed by atoms with Gasteiger partial charge in [-0.3, -0.25) is 0 Å². The zero-order chi connectivity index (χ0) is 14.4. The molecule has 106 valence electrons. The van der Waals surface area contributed by atoms with Crippen LogP contribution in [0.25, 0.3) is 0 Å². The summed E-state index contributed by atoms with van der Waals surface area (Å²) in [5, 5.41) is 13.9. The summed E-state index contributed by atoms with van der Waals surface area (Å²) in [7, 11) is 1.59. The van der Waals surface area contributed by atoms with Gasteiger partial charge in [0, 0.05) is 35.4 Å². The summed E-state index contributed by atoms with van der Waals surface area (Å²) in [5.74, 6) is 0.590. The van der Waals surface area contributed by atoms with Crippen LogP contribution in [0.2, 0.25) is 5.02 Å². The molecule has 0 bridgehead atoms. The molecule has 2 rings (SSSR count). The van der Waals surface area contributed by atoms with Crippen molar-refractivity contribution in [3.63, 3.8) is 0 Å². The summed E-state index contributed by atoms with van der Waals surface area (Å²) in [6.45, 7) is 0.973. The molecule has 1 aromatic carbocycles. The predicted octanol–water partition coefficient (Wildman–Crippen LogP) is 2.57. The average molecular weight is 293 g/mol. The number of pyridine rings is 1. The van der Waals surface area contributed by atoms with E-state index < -0.39 is 6.10 Å². The Balaban J connectivity index is 1.91. The standard InChI is InChI=1S/C15H17ClN2O2/c1-20-15-11(5-4-8-18-15)9-17-10-14(19)12-6-2-3-7-13(12)16/h2-8,14,17,19H,9-10H2,1H3. The van der Waals surface area contributed by atoms with Crippen molar-refractivity contribution >= 4 is 11.6 Å². The highest BCUT2D eigenvalue weighted by atomic mass is 35.5. The quantitative estimate of drug-likeness (QED) is 0.859. The Morgan fingerprint density at radius 3 is 2.85 bits per heavy atom. The molecule has 0 saturated carbocycles. The van der Waals surface area contributed by atoms with Crippen molar-refractivity contribution in [3.05, 3.63) is 58.7 Å². The monoisotopic (exact) mass is 292 g/mol. The van der Waals surface area contributed by atoms with Crippen LogP contribution >= 0.6 is 11.6 Å². The molecule has 1 unspecified atom stereocenters. The Morgan fingerprint density at radius 2 is 2.10 bits per heavy atom. The van der Waals surface area contributed by atoms with Crippen LogP contribution in [0.3, 0.4) is 0 Å². The maximum absolute atomic E-state index is 10.1. The van der Waals surface area contributed by atoms with Crippen LogP contribution in [0.5, 0.6) is 5.88 Å². The number of hydrogen-bond acceptors (Lipinski definition) is 4. The topological polar surface area (TPSA) is 54.4 Å². The van der Waals surface area contributed by atoms with Crippen LogP contribution in [-0.4, -0.2) is 23.7 Å². The maximum atomic E-state index is 10.1. The van der Waals surface area contributed by atoms with Crippen LogP contribution in [-0.2, 0) is 6.54 Å². The highest BCUT2D eigenvalue weighted by molar-refractivity contribution is 6.31. The van der Waals surface area contributed by atoms with E-state index in [-0.39, 0.29) is 0 Å². The van der Waals surface area contributed by atoms with Gasteiger partial charge < -0.3 is 15.2 Å². The van der Waals surface area contributed by atoms with Gasteiger partial charge in [0.1, 0.15) is 0 Å². The minimum atomic E-state index is -0.647. The third-order valence-electron chi connectivity index (χ3n) is 2.96. The van der Waals surface area contributed by atoms with Gasteiger partial charge in [-0.15, -0.1) is 0 Å². The molecular weight excluding hydrogens is 276 g/mol. The van der Waals surface area contributed by atoms with Gasteiger partial charge in [0.25, 0.3) is 0 Å². The highest BCUT2D eigenvalue weighted by Gasteiger charge is 2.11. The summed E-state index contributed by atoms with van der Waals surface area (Å²) < 4.78 is 5.17. The summed E-state index contributed by atoms with van der Waals surface area (Å²) in [6.07, 6.45) is 1.03. The third kappa shape index (κ3) is 3.70. The number of rotatable bonds is 6. The summed E-state index contributed by atoms with van der Waals surface area (Å²) in [4.78, 5) is 4.12. The molecule has 1 aromatic heterocycles. The van der Waals surface area contributed by atoms with Crippen molar-refractivity contribution < 1.29 is 9.84 Å². The minimum Gasteiger partial charge on any atom is -0.481 e. The highest BCUT2D eigenvalue weighted by Crippen LogP contribution is 2.22. The van der Waals surface area contributed by atoms with Crippen LogP contribution in [0, 0.1) is 0 Å². The van der Waals surface area contributed by atoms with E-state index in [1.807, 2.05) is 30.3 Å². The van der Waals surface area contributed by atoms with Gasteiger partial charge in [-0.25, -0.2) is 4.98 Å². The van der Waals surface area contributed by atoms with Gasteiger partial charge in [0.15, 0.2) is 0 Å². The molecule has 0 spiro atoms. The molecule has 1 heterocycles. The number of nitrogens with one attached hydrogen (secondary N) is 1. The SMILES string of the molecule is COc1ncccc1CNCC(O)c1ccccc1Cl. The Labute approximate surface area is 123 Å². The Kier molecular flexibility index (Phi) is 5.35. The van der Waals surface area contributed by atoms with E-state index in [4.69, 9.17) is 16.3 Å². The number of aromatic nitrogens is 1. The van der Waals surface area contributed by atoms with Gasteiger partial charge in [0.05, 0.1) is 13.2 Å². The first-order chi connectivity index (χ1) is 9.72. The molecule has 0 aliphatic rings. The number of aliphatic hydroxyl groups excluding tert-OH is 1. The Hall–Kier alpha value is -1.62. The number of aliphatic hydroxyl groups is 1. The molecule has 4 nitrogen and oxygen atoms in total. The lowest BCUT2D eigenvalue weighted by atomic mass is 10.1. The van der Waals surface area contributed by atoms with Gasteiger partial charge in [0.2, 0.25) is 5.88 Å². The fraction of sp³-hybridized carbons (Fsp3) is 0.267. The van der Waals surface area contributed by atoms with Gasteiger partial charge in [-0.05, 0) is 12.1 Å². The van der Waals surface area contributed by atoms with E-state index in [1.165, 1.54) is 0 Å². The van der Waals surface area contributed by atoms with E-state index in [9.17, 15) is 5.11 Å². The summed E-state index contributed by atoms with van der Waals surface area (Å²) in [6, 6.07) is 11.1. The predicted molar refractivity (Wildman–Crippen MR) is 78.9 cm³/mol. The maximum Gasteiger partial charge on any atom is 0.217 e. The van der Waals surface area contributed by atoms with Crippen molar-refractivity contribution in [2.45, 2.75) is 12.6 Å². The smallest absolute Gasteiger partial charge is 0.217 e. The van der Waals surface area contributed by atoms with Crippen molar-refractivity contribution in [2.24, 2.45) is 0 Å². The zero-order valence-electron chi connectivity index (χ0n) is 11.2. The van der Waals surface area contributed by atoms with E-state index >= 15 is 0 Å². The molecule has 2 aromatic rings. The first-order valence-electron chi connectivity index (χ1n) is 6.33. The zero-order valence-corrected chi connectivity index (χ0v) is 12.0.